The van der Waals surface area contributed by atoms with Crippen molar-refractivity contribution in [2.75, 3.05) is 11.1 Å². The largest absolute Gasteiger partial charge is 0.398 e. The monoisotopic (exact) mass is 276 g/mol. The number of nitrogens with one attached hydrogen (secondary N) is 1. The van der Waals surface area contributed by atoms with Gasteiger partial charge in [-0.3, -0.25) is 4.79 Å². The van der Waals surface area contributed by atoms with Gasteiger partial charge < -0.3 is 16.2 Å². The molecule has 2 aromatic rings. The van der Waals surface area contributed by atoms with Crippen LogP contribution < -0.4 is 11.1 Å². The molecule has 0 saturated heterocycles. The lowest BCUT2D eigenvalue weighted by atomic mass is 10.1. The Bertz CT molecular complexity index is 577. The Balaban J connectivity index is 2.21. The van der Waals surface area contributed by atoms with Gasteiger partial charge in [-0.25, -0.2) is 0 Å². The summed E-state index contributed by atoms with van der Waals surface area (Å²) in [5, 5.41) is 12.0. The number of nitrogens with two attached hydrogens (primary N) is 1. The molecule has 0 aromatic heterocycles. The van der Waals surface area contributed by atoms with E-state index in [0.717, 1.165) is 5.56 Å². The number of benzene rings is 2. The smallest absolute Gasteiger partial charge is 0.259 e. The third-order valence-corrected chi connectivity index (χ3v) is 2.98. The number of aliphatic hydroxyl groups is 1. The van der Waals surface area contributed by atoms with Gasteiger partial charge in [0.25, 0.3) is 5.91 Å². The summed E-state index contributed by atoms with van der Waals surface area (Å²) in [6, 6.07) is 11.8. The molecule has 0 aliphatic heterocycles. The van der Waals surface area contributed by atoms with Gasteiger partial charge in [0, 0.05) is 11.4 Å². The maximum atomic E-state index is 12.1. The molecule has 19 heavy (non-hydrogen) atoms. The Morgan fingerprint density at radius 2 is 1.89 bits per heavy atom. The molecule has 5 heteroatoms. The zero-order valence-electron chi connectivity index (χ0n) is 10.1. The van der Waals surface area contributed by atoms with Gasteiger partial charge >= 0.3 is 0 Å². The second kappa shape index (κ2) is 5.73. The number of amides is 1. The fraction of sp³-hybridized carbons (Fsp3) is 0.0714. The van der Waals surface area contributed by atoms with Crippen molar-refractivity contribution in [2.24, 2.45) is 0 Å². The van der Waals surface area contributed by atoms with Crippen LogP contribution in [0.1, 0.15) is 15.9 Å². The van der Waals surface area contributed by atoms with E-state index in [1.807, 2.05) is 0 Å². The third kappa shape index (κ3) is 3.05. The lowest BCUT2D eigenvalue weighted by Crippen LogP contribution is -2.14. The molecule has 2 rings (SSSR count). The van der Waals surface area contributed by atoms with Crippen molar-refractivity contribution in [3.05, 3.63) is 58.6 Å². The number of hydrogen-bond donors (Lipinski definition) is 3. The third-order valence-electron chi connectivity index (χ3n) is 2.67. The molecule has 0 radical (unpaired) electrons. The molecule has 98 valence electrons. The van der Waals surface area contributed by atoms with Crippen LogP contribution in [-0.2, 0) is 6.61 Å². The molecule has 0 spiro atoms. The SMILES string of the molecule is Nc1cccc(Cl)c1C(=O)Nc1ccc(CO)cc1. The predicted octanol–water partition coefficient (Wildman–Crippen LogP) is 2.67. The van der Waals surface area contributed by atoms with E-state index < -0.39 is 0 Å². The van der Waals surface area contributed by atoms with Crippen molar-refractivity contribution < 1.29 is 9.90 Å². The van der Waals surface area contributed by atoms with Crippen LogP contribution in [0.5, 0.6) is 0 Å². The van der Waals surface area contributed by atoms with E-state index >= 15 is 0 Å². The highest BCUT2D eigenvalue weighted by Gasteiger charge is 2.13. The topological polar surface area (TPSA) is 75.4 Å². The van der Waals surface area contributed by atoms with Gasteiger partial charge in [0.2, 0.25) is 0 Å². The first-order chi connectivity index (χ1) is 9.11. The van der Waals surface area contributed by atoms with Crippen molar-refractivity contribution in [1.29, 1.82) is 0 Å². The average molecular weight is 277 g/mol. The maximum Gasteiger partial charge on any atom is 0.259 e. The number of rotatable bonds is 3. The van der Waals surface area contributed by atoms with Crippen LogP contribution in [0, 0.1) is 0 Å². The maximum absolute atomic E-state index is 12.1. The summed E-state index contributed by atoms with van der Waals surface area (Å²) in [6.45, 7) is -0.0360. The second-order valence-electron chi connectivity index (χ2n) is 4.01. The lowest BCUT2D eigenvalue weighted by Gasteiger charge is -2.09. The van der Waals surface area contributed by atoms with Gasteiger partial charge in [0.1, 0.15) is 0 Å². The highest BCUT2D eigenvalue weighted by Crippen LogP contribution is 2.23. The number of carbonyl (C=O) groups is 1. The van der Waals surface area contributed by atoms with Crippen LogP contribution in [-0.4, -0.2) is 11.0 Å². The molecule has 0 fully saturated rings. The summed E-state index contributed by atoms with van der Waals surface area (Å²) in [4.78, 5) is 12.1. The molecule has 4 nitrogen and oxygen atoms in total. The molecule has 0 heterocycles. The Labute approximate surface area is 115 Å². The first-order valence-electron chi connectivity index (χ1n) is 5.67. The molecule has 0 saturated carbocycles. The first-order valence-corrected chi connectivity index (χ1v) is 6.04. The zero-order valence-corrected chi connectivity index (χ0v) is 10.8. The first kappa shape index (κ1) is 13.4. The second-order valence-corrected chi connectivity index (χ2v) is 4.42. The van der Waals surface area contributed by atoms with Gasteiger partial charge in [-0.05, 0) is 29.8 Å². The van der Waals surface area contributed by atoms with Gasteiger partial charge in [-0.15, -0.1) is 0 Å². The molecule has 0 aliphatic rings. The Morgan fingerprint density at radius 3 is 2.47 bits per heavy atom. The van der Waals surface area contributed by atoms with E-state index in [9.17, 15) is 4.79 Å². The quantitative estimate of drug-likeness (QED) is 0.755. The Morgan fingerprint density at radius 1 is 1.21 bits per heavy atom. The van der Waals surface area contributed by atoms with E-state index in [0.29, 0.717) is 16.4 Å². The number of carbonyl (C=O) groups excluding carboxylic acids is 1. The van der Waals surface area contributed by atoms with E-state index in [-0.39, 0.29) is 18.1 Å². The summed E-state index contributed by atoms with van der Waals surface area (Å²) in [5.41, 5.74) is 7.72. The minimum absolute atomic E-state index is 0.0360. The summed E-state index contributed by atoms with van der Waals surface area (Å²) in [7, 11) is 0. The van der Waals surface area contributed by atoms with Gasteiger partial charge in [-0.2, -0.15) is 0 Å². The molecule has 0 atom stereocenters. The minimum atomic E-state index is -0.361. The van der Waals surface area contributed by atoms with Crippen LogP contribution in [0.15, 0.2) is 42.5 Å². The predicted molar refractivity (Wildman–Crippen MR) is 76.2 cm³/mol. The normalized spacial score (nSPS) is 10.2. The lowest BCUT2D eigenvalue weighted by molar-refractivity contribution is 0.102. The van der Waals surface area contributed by atoms with Crippen molar-refractivity contribution in [1.82, 2.24) is 0 Å². The highest BCUT2D eigenvalue weighted by molar-refractivity contribution is 6.35. The van der Waals surface area contributed by atoms with Crippen LogP contribution in [0.2, 0.25) is 5.02 Å². The Kier molecular flexibility index (Phi) is 4.04. The van der Waals surface area contributed by atoms with Gasteiger partial charge in [0.05, 0.1) is 17.2 Å². The zero-order chi connectivity index (χ0) is 13.8. The summed E-state index contributed by atoms with van der Waals surface area (Å²) in [5.74, 6) is -0.361. The Hall–Kier alpha value is -2.04. The van der Waals surface area contributed by atoms with Crippen molar-refractivity contribution in [3.63, 3.8) is 0 Å². The average Bonchev–Trinajstić information content (AvgIpc) is 2.39. The number of aliphatic hydroxyl groups excluding tert-OH is 1. The molecule has 2 aromatic carbocycles. The molecule has 0 bridgehead atoms. The van der Waals surface area contributed by atoms with Gasteiger partial charge in [-0.1, -0.05) is 29.8 Å². The van der Waals surface area contributed by atoms with Crippen LogP contribution in [0.4, 0.5) is 11.4 Å². The van der Waals surface area contributed by atoms with E-state index in [4.69, 9.17) is 22.4 Å². The number of nitrogen functional groups attached to an aromatic ring is 1. The summed E-state index contributed by atoms with van der Waals surface area (Å²) >= 11 is 5.96. The molecular formula is C14H13ClN2O2. The number of hydrogen-bond acceptors (Lipinski definition) is 3. The summed E-state index contributed by atoms with van der Waals surface area (Å²) < 4.78 is 0. The van der Waals surface area contributed by atoms with Crippen molar-refractivity contribution in [2.45, 2.75) is 6.61 Å². The number of anilines is 2. The van der Waals surface area contributed by atoms with E-state index in [1.54, 1.807) is 42.5 Å². The van der Waals surface area contributed by atoms with Crippen LogP contribution in [0.25, 0.3) is 0 Å². The molecule has 0 unspecified atom stereocenters. The van der Waals surface area contributed by atoms with Crippen LogP contribution in [0.3, 0.4) is 0 Å². The van der Waals surface area contributed by atoms with E-state index in [2.05, 4.69) is 5.32 Å². The molecule has 1 amide bonds. The fourth-order valence-electron chi connectivity index (χ4n) is 1.67. The van der Waals surface area contributed by atoms with Gasteiger partial charge in [0.15, 0.2) is 0 Å². The van der Waals surface area contributed by atoms with Crippen LogP contribution >= 0.6 is 11.6 Å². The summed E-state index contributed by atoms with van der Waals surface area (Å²) in [6.07, 6.45) is 0. The number of halogens is 1. The van der Waals surface area contributed by atoms with Crippen molar-refractivity contribution >= 4 is 28.9 Å². The standard InChI is InChI=1S/C14H13ClN2O2/c15-11-2-1-3-12(16)13(11)14(19)17-10-6-4-9(8-18)5-7-10/h1-7,18H,8,16H2,(H,17,19). The minimum Gasteiger partial charge on any atom is -0.398 e. The fourth-order valence-corrected chi connectivity index (χ4v) is 1.94. The molecule has 0 aliphatic carbocycles. The van der Waals surface area contributed by atoms with E-state index in [1.165, 1.54) is 0 Å². The molecule has 4 N–H and O–H groups in total. The highest BCUT2D eigenvalue weighted by atomic mass is 35.5. The molecular weight excluding hydrogens is 264 g/mol. The van der Waals surface area contributed by atoms with Crippen molar-refractivity contribution in [3.8, 4) is 0 Å².